The van der Waals surface area contributed by atoms with Crippen LogP contribution in [0.5, 0.6) is 0 Å². The van der Waals surface area contributed by atoms with Crippen LogP contribution in [0.3, 0.4) is 0 Å². The molecule has 3 aromatic carbocycles. The maximum absolute atomic E-state index is 14.5. The summed E-state index contributed by atoms with van der Waals surface area (Å²) in [5.41, 5.74) is -0.903. The predicted molar refractivity (Wildman–Crippen MR) is 308 cm³/mol. The molecule has 1 heterocycles. The summed E-state index contributed by atoms with van der Waals surface area (Å²) in [7, 11) is -7.80. The van der Waals surface area contributed by atoms with Gasteiger partial charge in [0.2, 0.25) is 17.5 Å². The third-order valence-corrected chi connectivity index (χ3v) is 22.0. The molecule has 0 saturated carbocycles. The van der Waals surface area contributed by atoms with Gasteiger partial charge < -0.3 is 23.5 Å². The molecule has 0 saturated heterocycles. The van der Waals surface area contributed by atoms with Crippen LogP contribution < -0.4 is 5.32 Å². The van der Waals surface area contributed by atoms with Crippen LogP contribution in [-0.2, 0) is 37.7 Å². The summed E-state index contributed by atoms with van der Waals surface area (Å²) in [5, 5.41) is 24.1. The fourth-order valence-corrected chi connectivity index (χ4v) is 9.24. The number of hydrogen-bond acceptors (Lipinski definition) is 13. The van der Waals surface area contributed by atoms with Crippen LogP contribution in [-0.4, -0.2) is 115 Å². The second-order valence-electron chi connectivity index (χ2n) is 20.7. The molecule has 16 nitrogen and oxygen atoms in total. The van der Waals surface area contributed by atoms with E-state index in [1.807, 2.05) is 40.7 Å². The first-order valence-corrected chi connectivity index (χ1v) is 41.2. The normalized spacial score (nSPS) is 12.5. The summed E-state index contributed by atoms with van der Waals surface area (Å²) in [6.45, 7) is 38.0. The Balaban J connectivity index is -0.000000898. The van der Waals surface area contributed by atoms with E-state index in [4.69, 9.17) is 30.4 Å². The van der Waals surface area contributed by atoms with Gasteiger partial charge in [0, 0.05) is 31.6 Å². The number of hydrogen-bond donors (Lipinski definition) is 1. The molecule has 0 fully saturated rings. The number of aromatic nitrogens is 2. The Bertz CT molecular complexity index is 2730. The Hall–Kier alpha value is -0.806. The van der Waals surface area contributed by atoms with Gasteiger partial charge in [0.1, 0.15) is 29.4 Å². The Morgan fingerprint density at radius 1 is 0.662 bits per heavy atom. The van der Waals surface area contributed by atoms with Gasteiger partial charge in [-0.2, -0.15) is 43.5 Å². The first-order chi connectivity index (χ1) is 32.7. The number of nitro benzene ring substituents is 2. The van der Waals surface area contributed by atoms with Crippen LogP contribution in [0.25, 0.3) is 11.0 Å². The molecule has 4 rings (SSSR count). The number of anilines is 1. The molecule has 0 unspecified atom stereocenters. The zero-order valence-electron chi connectivity index (χ0n) is 45.9. The molecule has 0 aliphatic carbocycles. The van der Waals surface area contributed by atoms with Crippen molar-refractivity contribution in [1.29, 1.82) is 0 Å². The van der Waals surface area contributed by atoms with E-state index in [0.717, 1.165) is 29.5 Å². The molecule has 1 N–H and O–H groups in total. The fraction of sp³-hybridized carbons (Fsp3) is 0.568. The minimum atomic E-state index is -2.95. The van der Waals surface area contributed by atoms with E-state index < -0.39 is 73.8 Å². The number of methoxy groups -OCH3 is 1. The average Bonchev–Trinajstić information content (AvgIpc) is 3.58. The SMILES string of the molecule is CC(C)(C)Nc1cc(Br)cc(F)c1[N+](=O)[O-].CO[C@H](C)O[Si](C)(C)C(C)(C)C.C[C@H](O[Si](C)(C)C(C)(C)C)c1nc2c(F)cc(Br)cc2n1C(C)(C)C.O=S(=O)=S(=O)=O.O=[N+]([O-])c1c(F)cc(Br)cc1F.S.[Na][Na]. The second-order valence-corrected chi connectivity index (χ2v) is 35.4. The Morgan fingerprint density at radius 2 is 1.01 bits per heavy atom. The van der Waals surface area contributed by atoms with Crippen molar-refractivity contribution in [1.82, 2.24) is 9.55 Å². The number of benzene rings is 3. The Kier molecular flexibility index (Phi) is 33.9. The van der Waals surface area contributed by atoms with Gasteiger partial charge in [-0.1, -0.05) is 89.3 Å². The number of rotatable bonds is 9. The molecule has 412 valence electrons. The molecule has 0 aliphatic rings. The molecular weight excluding hydrogens is 1290 g/mol. The number of ether oxygens (including phenoxy) is 1. The predicted octanol–water partition coefficient (Wildman–Crippen LogP) is 14.1. The van der Waals surface area contributed by atoms with Crippen LogP contribution in [0.2, 0.25) is 36.3 Å². The summed E-state index contributed by atoms with van der Waals surface area (Å²) in [6.07, 6.45) is -0.281. The molecule has 0 bridgehead atoms. The number of halogens is 7. The molecule has 4 aromatic rings. The number of nitrogens with zero attached hydrogens (tertiary/aromatic N) is 4. The van der Waals surface area contributed by atoms with Crippen molar-refractivity contribution in [3.8, 4) is 0 Å². The van der Waals surface area contributed by atoms with Gasteiger partial charge in [0.05, 0.1) is 15.4 Å². The van der Waals surface area contributed by atoms with E-state index in [2.05, 4.69) is 151 Å². The number of fused-ring (bicyclic) bond motifs is 1. The van der Waals surface area contributed by atoms with Crippen molar-refractivity contribution >= 4 is 168 Å². The van der Waals surface area contributed by atoms with Crippen molar-refractivity contribution in [3.63, 3.8) is 0 Å². The molecule has 0 spiro atoms. The van der Waals surface area contributed by atoms with Gasteiger partial charge in [-0.05, 0) is 128 Å². The second kappa shape index (κ2) is 32.4. The molecule has 0 aliphatic heterocycles. The van der Waals surface area contributed by atoms with Crippen LogP contribution >= 0.6 is 61.3 Å². The summed E-state index contributed by atoms with van der Waals surface area (Å²) in [5.74, 6) is -2.76. The van der Waals surface area contributed by atoms with Crippen LogP contribution in [0.4, 0.5) is 34.6 Å². The first kappa shape index (κ1) is 77.4. The molecule has 74 heavy (non-hydrogen) atoms. The molecular formula is C44H68Br3F4N5Na2O11S3Si2. The standard InChI is InChI=1S/C19H30BrFN2OSi.C10H12BrFN2O2.C9H22O2Si.C6H2BrF2NO2.2Na.O4S2.H2S/c1-12(24-25(8,9)19(5,6)7)17-22-16-14(21)10-13(20)11-15(16)23(17)18(2,3)4;1-10(2,3)13-8-5-6(11)4-7(12)9(8)14(15)16;1-8(10-5)11-12(6,7)9(2,3)4;7-3-1-4(8)6(10(11)12)5(9)2-3;;;1-5(2)6(3)4;/h10-12H,1-9H3;4-5,13H,1-3H3;8H,1-7H3;1-2H;;;;1H2/t12-;;8-;;;;;/m0.0...../s1. The van der Waals surface area contributed by atoms with Gasteiger partial charge in [0.15, 0.2) is 22.5 Å². The van der Waals surface area contributed by atoms with E-state index >= 15 is 0 Å². The minimum absolute atomic E-state index is 0. The van der Waals surface area contributed by atoms with Crippen LogP contribution in [0.1, 0.15) is 109 Å². The number of nitro groups is 2. The monoisotopic (exact) mass is 1350 g/mol. The third kappa shape index (κ3) is 26.0. The van der Waals surface area contributed by atoms with Crippen LogP contribution in [0.15, 0.2) is 49.8 Å². The van der Waals surface area contributed by atoms with E-state index in [-0.39, 0.29) is 63.0 Å². The summed E-state index contributed by atoms with van der Waals surface area (Å²) in [4.78, 5) is 23.6. The first-order valence-electron chi connectivity index (χ1n) is 22.4. The van der Waals surface area contributed by atoms with Crippen LogP contribution in [0, 0.1) is 43.5 Å². The van der Waals surface area contributed by atoms with Gasteiger partial charge in [0.25, 0.3) is 0 Å². The van der Waals surface area contributed by atoms with Gasteiger partial charge in [-0.25, -0.2) is 9.37 Å². The quantitative estimate of drug-likeness (QED) is 0.0544. The topological polar surface area (TPSA) is 212 Å². The molecule has 0 amide bonds. The number of imidazole rings is 1. The molecule has 2 atom stereocenters. The molecule has 0 radical (unpaired) electrons. The zero-order valence-corrected chi connectivity index (χ0v) is 59.3. The number of nitrogens with one attached hydrogen (secondary N) is 1. The van der Waals surface area contributed by atoms with Crippen molar-refractivity contribution in [2.45, 2.75) is 157 Å². The average molecular weight is 1360 g/mol. The van der Waals surface area contributed by atoms with E-state index in [0.29, 0.717) is 14.5 Å². The fourth-order valence-electron chi connectivity index (χ4n) is 5.37. The van der Waals surface area contributed by atoms with Crippen molar-refractivity contribution in [3.05, 3.63) is 99.1 Å². The van der Waals surface area contributed by atoms with Crippen molar-refractivity contribution in [2.75, 3.05) is 12.4 Å². The third-order valence-electron chi connectivity index (χ3n) is 10.6. The Morgan fingerprint density at radius 3 is 1.35 bits per heavy atom. The van der Waals surface area contributed by atoms with E-state index in [9.17, 15) is 37.8 Å². The molecule has 30 heteroatoms. The summed E-state index contributed by atoms with van der Waals surface area (Å²) < 4.78 is 110. The van der Waals surface area contributed by atoms with E-state index in [1.54, 1.807) is 7.11 Å². The zero-order chi connectivity index (χ0) is 58.3. The Labute approximate surface area is 498 Å². The molecule has 1 aromatic heterocycles. The van der Waals surface area contributed by atoms with E-state index in [1.165, 1.54) is 55.8 Å². The van der Waals surface area contributed by atoms with Crippen molar-refractivity contribution in [2.24, 2.45) is 0 Å². The maximum atomic E-state index is 14.5. The van der Waals surface area contributed by atoms with Gasteiger partial charge in [-0.15, -0.1) is 0 Å². The summed E-state index contributed by atoms with van der Waals surface area (Å²) >= 11 is 12.2. The van der Waals surface area contributed by atoms with Crippen molar-refractivity contribution < 1.29 is 57.8 Å². The van der Waals surface area contributed by atoms with Gasteiger partial charge >= 0.3 is 73.5 Å². The summed E-state index contributed by atoms with van der Waals surface area (Å²) in [6, 6.07) is 7.63. The van der Waals surface area contributed by atoms with Gasteiger partial charge in [-0.3, -0.25) is 20.2 Å².